The Balaban J connectivity index is 0.000000123. The largest absolute Gasteiger partial charge is 0.463 e. The Labute approximate surface area is 810 Å². The Morgan fingerprint density at radius 3 is 1.12 bits per heavy atom. The molecule has 10 aliphatic rings. The molecule has 15 heterocycles. The number of amides is 1. The number of nitrogens with zero attached hydrogens (tertiary/aromatic N) is 15. The quantitative estimate of drug-likeness (QED) is 0.0389. The molecule has 20 rings (SSSR count). The van der Waals surface area contributed by atoms with Crippen LogP contribution in [0.5, 0.6) is 0 Å². The van der Waals surface area contributed by atoms with Crippen LogP contribution in [-0.4, -0.2) is 174 Å². The summed E-state index contributed by atoms with van der Waals surface area (Å²) in [4.78, 5) is 132. The van der Waals surface area contributed by atoms with E-state index in [1.54, 1.807) is 95.2 Å². The van der Waals surface area contributed by atoms with Crippen LogP contribution in [0.25, 0.3) is 0 Å². The highest BCUT2D eigenvalue weighted by molar-refractivity contribution is 9.10. The molecule has 704 valence electrons. The van der Waals surface area contributed by atoms with E-state index in [1.807, 2.05) is 43.1 Å². The van der Waals surface area contributed by atoms with E-state index in [2.05, 4.69) is 50.7 Å². The Bertz CT molecular complexity index is 6440. The highest BCUT2D eigenvalue weighted by Gasteiger charge is 2.47. The van der Waals surface area contributed by atoms with Crippen LogP contribution in [0.3, 0.4) is 0 Å². The lowest BCUT2D eigenvalue weighted by Gasteiger charge is -2.32. The van der Waals surface area contributed by atoms with Crippen LogP contribution in [0.15, 0.2) is 235 Å². The molecule has 0 saturated carbocycles. The molecule has 0 aliphatic carbocycles. The lowest BCUT2D eigenvalue weighted by Crippen LogP contribution is -2.37. The zero-order chi connectivity index (χ0) is 95.7. The number of hydrogen-bond donors (Lipinski definition) is 0. The van der Waals surface area contributed by atoms with E-state index >= 15 is 0 Å². The van der Waals surface area contributed by atoms with Gasteiger partial charge in [-0.25, -0.2) is 79.6 Å². The summed E-state index contributed by atoms with van der Waals surface area (Å²) < 4.78 is 124. The van der Waals surface area contributed by atoms with Crippen molar-refractivity contribution in [2.75, 3.05) is 59.2 Å². The fourth-order valence-corrected chi connectivity index (χ4v) is 21.5. The van der Waals surface area contributed by atoms with Crippen LogP contribution < -0.4 is 0 Å². The molecular formula is C96H86BrClF7N15O11S5. The number of allylic oxidation sites excluding steroid dienone is 5. The highest BCUT2D eigenvalue weighted by Crippen LogP contribution is 2.49. The van der Waals surface area contributed by atoms with Gasteiger partial charge < -0.3 is 43.3 Å². The number of aryl methyl sites for hydroxylation is 1. The van der Waals surface area contributed by atoms with Gasteiger partial charge in [-0.05, 0) is 170 Å². The smallest absolute Gasteiger partial charge is 0.338 e. The monoisotopic (exact) mass is 2030 g/mol. The van der Waals surface area contributed by atoms with E-state index in [0.29, 0.717) is 120 Å². The molecule has 5 unspecified atom stereocenters. The van der Waals surface area contributed by atoms with Crippen molar-refractivity contribution in [2.45, 2.75) is 136 Å². The normalized spacial score (nSPS) is 19.1. The molecule has 5 atom stereocenters. The molecule has 40 heteroatoms. The zero-order valence-electron chi connectivity index (χ0n) is 73.9. The maximum Gasteiger partial charge on any atom is 0.338 e. The van der Waals surface area contributed by atoms with E-state index in [1.165, 1.54) is 110 Å². The van der Waals surface area contributed by atoms with Crippen molar-refractivity contribution in [3.8, 4) is 0 Å². The van der Waals surface area contributed by atoms with Gasteiger partial charge in [0.05, 0.1) is 65.9 Å². The molecule has 5 aromatic heterocycles. The lowest BCUT2D eigenvalue weighted by molar-refractivity contribution is -0.140. The first-order valence-corrected chi connectivity index (χ1v) is 49.4. The molecule has 5 saturated heterocycles. The number of fused-ring (bicyclic) bond motifs is 5. The summed E-state index contributed by atoms with van der Waals surface area (Å²) in [6, 6.07) is 16.7. The number of esters is 5. The third-order valence-corrected chi connectivity index (χ3v) is 28.1. The first kappa shape index (κ1) is 96.7. The lowest BCUT2D eigenvalue weighted by atomic mass is 9.92. The third kappa shape index (κ3) is 20.1. The maximum atomic E-state index is 14.6. The van der Waals surface area contributed by atoms with E-state index in [9.17, 15) is 59.5 Å². The molecule has 0 N–H and O–H groups in total. The first-order chi connectivity index (χ1) is 65.9. The van der Waals surface area contributed by atoms with Crippen molar-refractivity contribution in [3.63, 3.8) is 0 Å². The van der Waals surface area contributed by atoms with Crippen LogP contribution in [0.2, 0.25) is 5.02 Å². The molecule has 136 heavy (non-hydrogen) atoms. The Hall–Kier alpha value is -12.4. The minimum atomic E-state index is -0.972. The van der Waals surface area contributed by atoms with Crippen LogP contribution in [0, 0.1) is 47.6 Å². The van der Waals surface area contributed by atoms with Gasteiger partial charge >= 0.3 is 29.8 Å². The van der Waals surface area contributed by atoms with E-state index in [4.69, 9.17) is 55.3 Å². The minimum Gasteiger partial charge on any atom is -0.463 e. The molecule has 0 spiro atoms. The van der Waals surface area contributed by atoms with Crippen LogP contribution in [0.4, 0.5) is 30.7 Å². The number of halogens is 9. The van der Waals surface area contributed by atoms with Crippen LogP contribution in [-0.2, 0) is 52.5 Å². The molecule has 26 nitrogen and oxygen atoms in total. The fourth-order valence-electron chi connectivity index (χ4n) is 17.6. The minimum absolute atomic E-state index is 0.0291. The summed E-state index contributed by atoms with van der Waals surface area (Å²) in [5.41, 5.74) is 9.18. The van der Waals surface area contributed by atoms with Gasteiger partial charge in [-0.3, -0.25) is 34.7 Å². The number of thiazole rings is 5. The predicted octanol–water partition coefficient (Wildman–Crippen LogP) is 20.0. The first-order valence-electron chi connectivity index (χ1n) is 43.8. The second-order valence-corrected chi connectivity index (χ2v) is 37.0. The molecule has 10 aromatic rings. The maximum absolute atomic E-state index is 14.6. The Morgan fingerprint density at radius 2 is 0.728 bits per heavy atom. The molecule has 0 bridgehead atoms. The second-order valence-electron chi connectivity index (χ2n) is 31.3. The van der Waals surface area contributed by atoms with E-state index in [0.717, 1.165) is 131 Å². The number of aliphatic imine (C=N–C) groups is 5. The SMILES string of the molecule is CCOC(=O)C1=C2CCC(=O)N2C(c2nccs2)=NC1c1ccc(F)cc1Br.CCOC(=O)C1=C2CCCN2C(c2nccs2)=NC1c1ccc(F)c(F)c1.CCOC(=O)C1=C2CCCN2C(c2nccs2)=NC1c1ccc(F)cc1C.CCOC(=O)C1=C2CCCN2C(c2nccs2)=NC1c1ccc(F)cc1F.CCOC(=O)C1=C2CCCN2C(c2nccs2)=NC1c1cccc(F)c1Cl. The predicted molar refractivity (Wildman–Crippen MR) is 504 cm³/mol. The number of aromatic nitrogens is 5. The standard InChI is InChI=1S/C20H20FN3O2S.C19H15BrFN3O3S.C19H17ClFN3O2S.2C19H17F2N3O2S/c1-3-26-20(25)16-15-5-4-9-24(15)18(19-22-8-10-27-19)23-17(16)14-7-6-13(21)11-12(14)2;1-2-27-19(26)15-13-5-6-14(25)24(13)17(18-22-7-8-28-18)23-16(15)11-4-3-10(21)9-12(11)20;1-2-26-19(25)14-13-7-4-9-24(13)17(18-22-8-10-27-18)23-16(14)11-5-3-6-12(21)15(11)20;1-2-26-19(25)15-14-4-3-8-24(14)17(18-22-7-9-27-18)23-16(15)12-6-5-11(20)10-13(12)21;1-2-26-19(25)15-14-4-3-8-24(14)17(18-22-7-9-27-18)23-16(15)11-5-6-12(20)13(21)10-11/h6-8,10-11,17H,3-5,9H2,1-2H3;3-4,7-9,16H,2,5-6H2,1H3;3,5-6,8,10,16H,2,4,7,9H2,1H3;2*5-7,9-10,16H,2-4,8H2,1H3. The molecule has 5 aromatic carbocycles. The van der Waals surface area contributed by atoms with Crippen molar-refractivity contribution in [1.29, 1.82) is 0 Å². The summed E-state index contributed by atoms with van der Waals surface area (Å²) in [5.74, 6) is -3.89. The van der Waals surface area contributed by atoms with Crippen molar-refractivity contribution in [1.82, 2.24) is 49.4 Å². The molecule has 0 radical (unpaired) electrons. The zero-order valence-corrected chi connectivity index (χ0v) is 80.3. The average Bonchev–Trinajstić information content (AvgIpc) is 1.59. The van der Waals surface area contributed by atoms with Gasteiger partial charge in [-0.2, -0.15) is 0 Å². The number of benzene rings is 5. The molecular weight excluding hydrogens is 1950 g/mol. The highest BCUT2D eigenvalue weighted by atomic mass is 79.9. The van der Waals surface area contributed by atoms with Gasteiger partial charge in [-0.1, -0.05) is 63.9 Å². The van der Waals surface area contributed by atoms with E-state index in [-0.39, 0.29) is 61.1 Å². The van der Waals surface area contributed by atoms with Gasteiger partial charge in [0.1, 0.15) is 59.3 Å². The second kappa shape index (κ2) is 43.3. The number of amidine groups is 5. The van der Waals surface area contributed by atoms with Crippen molar-refractivity contribution >= 4 is 149 Å². The summed E-state index contributed by atoms with van der Waals surface area (Å²) in [7, 11) is 0. The Morgan fingerprint density at radius 1 is 0.375 bits per heavy atom. The third-order valence-electron chi connectivity index (χ3n) is 23.2. The molecule has 10 aliphatic heterocycles. The van der Waals surface area contributed by atoms with Gasteiger partial charge in [0.2, 0.25) is 5.91 Å². The Kier molecular flexibility index (Phi) is 30.8. The number of carbonyl (C=O) groups excluding carboxylic acids is 6. The summed E-state index contributed by atoms with van der Waals surface area (Å²) in [5, 5.41) is 12.8. The summed E-state index contributed by atoms with van der Waals surface area (Å²) in [6.45, 7) is 14.7. The fraction of sp³-hybridized carbons (Fsp3) is 0.312. The van der Waals surface area contributed by atoms with Gasteiger partial charge in [-0.15, -0.1) is 56.7 Å². The summed E-state index contributed by atoms with van der Waals surface area (Å²) >= 11 is 16.8. The topological polar surface area (TPSA) is 291 Å². The summed E-state index contributed by atoms with van der Waals surface area (Å²) in [6.07, 6.45) is 15.6. The van der Waals surface area contributed by atoms with Crippen molar-refractivity contribution in [2.24, 2.45) is 25.0 Å². The van der Waals surface area contributed by atoms with Crippen molar-refractivity contribution < 1.29 is 83.2 Å². The van der Waals surface area contributed by atoms with E-state index < -0.39 is 89.0 Å². The molecule has 1 amide bonds. The van der Waals surface area contributed by atoms with Crippen LogP contribution >= 0.6 is 84.2 Å². The van der Waals surface area contributed by atoms with Crippen LogP contribution in [0.1, 0.15) is 187 Å². The van der Waals surface area contributed by atoms with Gasteiger partial charge in [0, 0.05) is 141 Å². The number of ether oxygens (including phenoxy) is 5. The van der Waals surface area contributed by atoms with Gasteiger partial charge in [0.25, 0.3) is 0 Å². The van der Waals surface area contributed by atoms with Crippen molar-refractivity contribution in [3.05, 3.63) is 314 Å². The van der Waals surface area contributed by atoms with Gasteiger partial charge in [0.15, 0.2) is 65.9 Å². The molecule has 5 fully saturated rings. The number of carbonyl (C=O) groups is 6. The average molecular weight is 2030 g/mol. The number of rotatable bonds is 20. The number of hydrogen-bond acceptors (Lipinski definition) is 30.